The zero-order valence-electron chi connectivity index (χ0n) is 10.00. The molecular weight excluding hydrogens is 278 g/mol. The summed E-state index contributed by atoms with van der Waals surface area (Å²) in [5, 5.41) is 3.47. The van der Waals surface area contributed by atoms with Gasteiger partial charge in [0.1, 0.15) is 0 Å². The Morgan fingerprint density at radius 1 is 1.41 bits per heavy atom. The first kappa shape index (κ1) is 12.3. The molecule has 3 nitrogen and oxygen atoms in total. The summed E-state index contributed by atoms with van der Waals surface area (Å²) in [7, 11) is 0. The fourth-order valence-electron chi connectivity index (χ4n) is 1.75. The van der Waals surface area contributed by atoms with Crippen LogP contribution < -0.4 is 5.32 Å². The van der Waals surface area contributed by atoms with E-state index in [0.29, 0.717) is 6.04 Å². The van der Waals surface area contributed by atoms with E-state index < -0.39 is 0 Å². The van der Waals surface area contributed by atoms with Crippen LogP contribution in [0.2, 0.25) is 0 Å². The Morgan fingerprint density at radius 3 is 2.82 bits per heavy atom. The van der Waals surface area contributed by atoms with Crippen LogP contribution in [0.15, 0.2) is 35.1 Å². The molecule has 1 aromatic heterocycles. The summed E-state index contributed by atoms with van der Waals surface area (Å²) in [6.07, 6.45) is 1.73. The number of nitrogens with one attached hydrogen (secondary N) is 2. The molecule has 0 radical (unpaired) electrons. The quantitative estimate of drug-likeness (QED) is 0.908. The standard InChI is InChI=1S/C13H16BrN3/c1-9(11-5-3-4-6-12(11)14)15-7-13-10(2)16-8-17-13/h3-6,8-9,15H,7H2,1-2H3,(H,16,17)/t9-/m1/s1. The summed E-state index contributed by atoms with van der Waals surface area (Å²) in [5.41, 5.74) is 3.46. The van der Waals surface area contributed by atoms with E-state index in [4.69, 9.17) is 0 Å². The van der Waals surface area contributed by atoms with E-state index in [1.807, 2.05) is 13.0 Å². The summed E-state index contributed by atoms with van der Waals surface area (Å²) in [6.45, 7) is 4.97. The summed E-state index contributed by atoms with van der Waals surface area (Å²) in [6, 6.07) is 8.56. The number of aromatic amines is 1. The number of aromatic nitrogens is 2. The SMILES string of the molecule is Cc1[nH]cnc1CN[C@H](C)c1ccccc1Br. The number of benzene rings is 1. The summed E-state index contributed by atoms with van der Waals surface area (Å²) >= 11 is 3.57. The highest BCUT2D eigenvalue weighted by atomic mass is 79.9. The number of imidazole rings is 1. The minimum atomic E-state index is 0.293. The normalized spacial score (nSPS) is 12.6. The van der Waals surface area contributed by atoms with Gasteiger partial charge in [0, 0.05) is 22.8 Å². The van der Waals surface area contributed by atoms with Crippen molar-refractivity contribution in [3.63, 3.8) is 0 Å². The van der Waals surface area contributed by atoms with E-state index in [1.165, 1.54) is 5.56 Å². The average Bonchev–Trinajstić information content (AvgIpc) is 2.72. The Labute approximate surface area is 110 Å². The van der Waals surface area contributed by atoms with Crippen molar-refractivity contribution >= 4 is 15.9 Å². The number of halogens is 1. The van der Waals surface area contributed by atoms with Gasteiger partial charge in [-0.1, -0.05) is 34.1 Å². The first-order chi connectivity index (χ1) is 8.18. The van der Waals surface area contributed by atoms with Crippen LogP contribution in [-0.4, -0.2) is 9.97 Å². The van der Waals surface area contributed by atoms with Gasteiger partial charge in [0.2, 0.25) is 0 Å². The predicted molar refractivity (Wildman–Crippen MR) is 72.7 cm³/mol. The molecule has 0 aliphatic carbocycles. The van der Waals surface area contributed by atoms with Gasteiger partial charge >= 0.3 is 0 Å². The number of nitrogens with zero attached hydrogens (tertiary/aromatic N) is 1. The molecule has 0 aliphatic heterocycles. The Kier molecular flexibility index (Phi) is 3.97. The summed E-state index contributed by atoms with van der Waals surface area (Å²) in [5.74, 6) is 0. The Morgan fingerprint density at radius 2 is 2.18 bits per heavy atom. The second-order valence-electron chi connectivity index (χ2n) is 4.10. The highest BCUT2D eigenvalue weighted by molar-refractivity contribution is 9.10. The van der Waals surface area contributed by atoms with Crippen LogP contribution in [0.4, 0.5) is 0 Å². The van der Waals surface area contributed by atoms with Gasteiger partial charge in [0.15, 0.2) is 0 Å². The van der Waals surface area contributed by atoms with E-state index in [1.54, 1.807) is 6.33 Å². The molecule has 1 atom stereocenters. The Bertz CT molecular complexity index is 493. The van der Waals surface area contributed by atoms with Crippen molar-refractivity contribution in [1.82, 2.24) is 15.3 Å². The molecule has 0 amide bonds. The number of hydrogen-bond acceptors (Lipinski definition) is 2. The predicted octanol–water partition coefficient (Wildman–Crippen LogP) is 3.33. The third-order valence-electron chi connectivity index (χ3n) is 2.88. The number of H-pyrrole nitrogens is 1. The van der Waals surface area contributed by atoms with Crippen LogP contribution in [0.3, 0.4) is 0 Å². The lowest BCUT2D eigenvalue weighted by Crippen LogP contribution is -2.19. The Balaban J connectivity index is 2.01. The first-order valence-corrected chi connectivity index (χ1v) is 6.44. The molecule has 90 valence electrons. The fourth-order valence-corrected chi connectivity index (χ4v) is 2.38. The van der Waals surface area contributed by atoms with Crippen LogP contribution in [0.5, 0.6) is 0 Å². The number of rotatable bonds is 4. The van der Waals surface area contributed by atoms with E-state index >= 15 is 0 Å². The lowest BCUT2D eigenvalue weighted by molar-refractivity contribution is 0.565. The highest BCUT2D eigenvalue weighted by Gasteiger charge is 2.09. The van der Waals surface area contributed by atoms with Crippen molar-refractivity contribution in [3.05, 3.63) is 52.0 Å². The number of aryl methyl sites for hydroxylation is 1. The van der Waals surface area contributed by atoms with Crippen molar-refractivity contribution in [2.75, 3.05) is 0 Å². The van der Waals surface area contributed by atoms with Crippen LogP contribution in [0.1, 0.15) is 29.9 Å². The molecule has 0 unspecified atom stereocenters. The van der Waals surface area contributed by atoms with Gasteiger partial charge in [-0.05, 0) is 25.5 Å². The molecule has 17 heavy (non-hydrogen) atoms. The summed E-state index contributed by atoms with van der Waals surface area (Å²) in [4.78, 5) is 7.36. The third kappa shape index (κ3) is 2.96. The third-order valence-corrected chi connectivity index (χ3v) is 3.60. The van der Waals surface area contributed by atoms with Crippen LogP contribution in [0.25, 0.3) is 0 Å². The van der Waals surface area contributed by atoms with E-state index in [0.717, 1.165) is 22.4 Å². The monoisotopic (exact) mass is 293 g/mol. The smallest absolute Gasteiger partial charge is 0.0925 e. The minimum absolute atomic E-state index is 0.293. The summed E-state index contributed by atoms with van der Waals surface area (Å²) < 4.78 is 1.14. The van der Waals surface area contributed by atoms with E-state index in [-0.39, 0.29) is 0 Å². The molecule has 1 aromatic carbocycles. The van der Waals surface area contributed by atoms with Crippen molar-refractivity contribution < 1.29 is 0 Å². The van der Waals surface area contributed by atoms with Gasteiger partial charge in [-0.15, -0.1) is 0 Å². The van der Waals surface area contributed by atoms with Gasteiger partial charge in [0.25, 0.3) is 0 Å². The lowest BCUT2D eigenvalue weighted by Gasteiger charge is -2.15. The molecule has 0 fully saturated rings. The molecule has 2 rings (SSSR count). The first-order valence-electron chi connectivity index (χ1n) is 5.65. The average molecular weight is 294 g/mol. The maximum atomic E-state index is 4.27. The molecule has 0 saturated carbocycles. The zero-order valence-corrected chi connectivity index (χ0v) is 11.6. The van der Waals surface area contributed by atoms with Gasteiger partial charge in [-0.2, -0.15) is 0 Å². The zero-order chi connectivity index (χ0) is 12.3. The molecule has 2 aromatic rings. The molecule has 0 spiro atoms. The second-order valence-corrected chi connectivity index (χ2v) is 4.95. The van der Waals surface area contributed by atoms with Gasteiger partial charge in [0.05, 0.1) is 12.0 Å². The molecule has 0 bridgehead atoms. The topological polar surface area (TPSA) is 40.7 Å². The van der Waals surface area contributed by atoms with Crippen LogP contribution in [-0.2, 0) is 6.54 Å². The van der Waals surface area contributed by atoms with Crippen LogP contribution in [0, 0.1) is 6.92 Å². The fraction of sp³-hybridized carbons (Fsp3) is 0.308. The lowest BCUT2D eigenvalue weighted by atomic mass is 10.1. The molecule has 0 saturated heterocycles. The van der Waals surface area contributed by atoms with Crippen molar-refractivity contribution in [2.45, 2.75) is 26.4 Å². The van der Waals surface area contributed by atoms with Gasteiger partial charge < -0.3 is 10.3 Å². The maximum Gasteiger partial charge on any atom is 0.0925 e. The van der Waals surface area contributed by atoms with E-state index in [9.17, 15) is 0 Å². The molecular formula is C13H16BrN3. The van der Waals surface area contributed by atoms with E-state index in [2.05, 4.69) is 56.3 Å². The second kappa shape index (κ2) is 5.47. The minimum Gasteiger partial charge on any atom is -0.348 e. The molecule has 4 heteroatoms. The number of hydrogen-bond donors (Lipinski definition) is 2. The van der Waals surface area contributed by atoms with Crippen molar-refractivity contribution in [1.29, 1.82) is 0 Å². The Hall–Kier alpha value is -1.13. The maximum absolute atomic E-state index is 4.27. The van der Waals surface area contributed by atoms with Crippen molar-refractivity contribution in [2.24, 2.45) is 0 Å². The largest absolute Gasteiger partial charge is 0.348 e. The van der Waals surface area contributed by atoms with Gasteiger partial charge in [-0.3, -0.25) is 0 Å². The molecule has 0 aliphatic rings. The highest BCUT2D eigenvalue weighted by Crippen LogP contribution is 2.22. The molecule has 2 N–H and O–H groups in total. The van der Waals surface area contributed by atoms with Crippen molar-refractivity contribution in [3.8, 4) is 0 Å². The van der Waals surface area contributed by atoms with Crippen LogP contribution >= 0.6 is 15.9 Å². The van der Waals surface area contributed by atoms with Gasteiger partial charge in [-0.25, -0.2) is 4.98 Å². The molecule has 1 heterocycles.